The molecule has 1 unspecified atom stereocenters. The summed E-state index contributed by atoms with van der Waals surface area (Å²) in [6.07, 6.45) is 1.95. The summed E-state index contributed by atoms with van der Waals surface area (Å²) in [7, 11) is 1.78. The number of benzene rings is 2. The highest BCUT2D eigenvalue weighted by Crippen LogP contribution is 2.25. The lowest BCUT2D eigenvalue weighted by atomic mass is 10.3. The predicted octanol–water partition coefficient (Wildman–Crippen LogP) is 2.81. The van der Waals surface area contributed by atoms with Crippen LogP contribution in [-0.4, -0.2) is 38.2 Å². The largest absolute Gasteiger partial charge is 0.322 e. The number of thioether (sulfide) groups is 1. The molecule has 2 aromatic rings. The number of halogens is 2. The van der Waals surface area contributed by atoms with E-state index in [1.807, 2.05) is 30.5 Å². The molecule has 0 aliphatic rings. The fourth-order valence-corrected chi connectivity index (χ4v) is 3.35. The van der Waals surface area contributed by atoms with Crippen molar-refractivity contribution in [3.05, 3.63) is 52.5 Å². The molecule has 0 heterocycles. The molecule has 5 nitrogen and oxygen atoms in total. The van der Waals surface area contributed by atoms with E-state index in [-0.39, 0.29) is 24.9 Å². The summed E-state index contributed by atoms with van der Waals surface area (Å²) in [4.78, 5) is 26.1. The van der Waals surface area contributed by atoms with Gasteiger partial charge in [0.15, 0.2) is 13.1 Å². The van der Waals surface area contributed by atoms with Gasteiger partial charge in [-0.1, -0.05) is 35.3 Å². The van der Waals surface area contributed by atoms with E-state index in [9.17, 15) is 9.59 Å². The van der Waals surface area contributed by atoms with Crippen molar-refractivity contribution in [2.75, 3.05) is 37.0 Å². The van der Waals surface area contributed by atoms with Crippen LogP contribution in [0, 0.1) is 0 Å². The third-order valence-corrected chi connectivity index (χ3v) is 4.85. The number of hydrogen-bond acceptors (Lipinski definition) is 3. The molecule has 0 aliphatic heterocycles. The second-order valence-corrected chi connectivity index (χ2v) is 7.42. The number of amides is 2. The first kappa shape index (κ1) is 20.6. The minimum absolute atomic E-state index is 0.135. The number of quaternary nitrogens is 1. The van der Waals surface area contributed by atoms with E-state index in [1.54, 1.807) is 37.0 Å². The first-order valence-electron chi connectivity index (χ1n) is 7.88. The topological polar surface area (TPSA) is 62.6 Å². The molecule has 0 spiro atoms. The standard InChI is InChI=1S/C18H19Cl2N3O2S/c1-23(10-17(24)21-14-8-7-12(19)9-13(14)20)11-18(25)22-15-5-3-4-6-16(15)26-2/h3-9H,10-11H2,1-2H3,(H,21,24)(H,22,25)/p+1. The monoisotopic (exact) mass is 412 g/mol. The molecule has 0 bridgehead atoms. The average Bonchev–Trinajstić information content (AvgIpc) is 2.57. The van der Waals surface area contributed by atoms with Gasteiger partial charge in [0.2, 0.25) is 0 Å². The number of hydrogen-bond donors (Lipinski definition) is 3. The van der Waals surface area contributed by atoms with E-state index >= 15 is 0 Å². The summed E-state index contributed by atoms with van der Waals surface area (Å²) in [6, 6.07) is 12.4. The van der Waals surface area contributed by atoms with Gasteiger partial charge in [0.05, 0.1) is 23.4 Å². The molecular formula is C18H20Cl2N3O2S+. The number of likely N-dealkylation sites (N-methyl/N-ethyl adjacent to an activating group) is 1. The highest BCUT2D eigenvalue weighted by atomic mass is 35.5. The number of nitrogens with one attached hydrogen (secondary N) is 3. The van der Waals surface area contributed by atoms with Gasteiger partial charge in [-0.15, -0.1) is 11.8 Å². The summed E-state index contributed by atoms with van der Waals surface area (Å²) in [5.41, 5.74) is 1.27. The minimum Gasteiger partial charge on any atom is -0.322 e. The van der Waals surface area contributed by atoms with Gasteiger partial charge in [-0.3, -0.25) is 9.59 Å². The molecule has 2 rings (SSSR count). The Labute approximate surface area is 167 Å². The zero-order chi connectivity index (χ0) is 19.1. The van der Waals surface area contributed by atoms with Gasteiger partial charge < -0.3 is 15.5 Å². The molecule has 2 amide bonds. The molecule has 1 atom stereocenters. The van der Waals surface area contributed by atoms with E-state index in [1.165, 1.54) is 0 Å². The second kappa shape index (κ2) is 9.83. The molecule has 2 aromatic carbocycles. The summed E-state index contributed by atoms with van der Waals surface area (Å²) in [5, 5.41) is 6.48. The van der Waals surface area contributed by atoms with Crippen LogP contribution in [0.3, 0.4) is 0 Å². The fourth-order valence-electron chi connectivity index (χ4n) is 2.34. The highest BCUT2D eigenvalue weighted by molar-refractivity contribution is 7.98. The van der Waals surface area contributed by atoms with E-state index < -0.39 is 0 Å². The predicted molar refractivity (Wildman–Crippen MR) is 109 cm³/mol. The van der Waals surface area contributed by atoms with Crippen molar-refractivity contribution in [1.29, 1.82) is 0 Å². The van der Waals surface area contributed by atoms with Gasteiger partial charge in [-0.2, -0.15) is 0 Å². The fraction of sp³-hybridized carbons (Fsp3) is 0.222. The Morgan fingerprint density at radius 2 is 1.62 bits per heavy atom. The van der Waals surface area contributed by atoms with Crippen molar-refractivity contribution in [1.82, 2.24) is 0 Å². The van der Waals surface area contributed by atoms with E-state index in [4.69, 9.17) is 23.2 Å². The number of rotatable bonds is 7. The van der Waals surface area contributed by atoms with Gasteiger partial charge in [-0.25, -0.2) is 0 Å². The Bertz CT molecular complexity index is 802. The van der Waals surface area contributed by atoms with Gasteiger partial charge in [0, 0.05) is 9.92 Å². The zero-order valence-corrected chi connectivity index (χ0v) is 16.8. The van der Waals surface area contributed by atoms with Gasteiger partial charge in [0.25, 0.3) is 11.8 Å². The minimum atomic E-state index is -0.232. The normalized spacial score (nSPS) is 11.7. The second-order valence-electron chi connectivity index (χ2n) is 5.73. The first-order chi connectivity index (χ1) is 12.4. The van der Waals surface area contributed by atoms with Crippen LogP contribution in [0.25, 0.3) is 0 Å². The molecule has 0 saturated heterocycles. The Morgan fingerprint density at radius 1 is 1.00 bits per heavy atom. The van der Waals surface area contributed by atoms with E-state index in [0.29, 0.717) is 15.7 Å². The SMILES string of the molecule is CSc1ccccc1NC(=O)C[NH+](C)CC(=O)Nc1ccc(Cl)cc1Cl. The maximum atomic E-state index is 12.2. The van der Waals surface area contributed by atoms with Crippen molar-refractivity contribution in [2.45, 2.75) is 4.90 Å². The van der Waals surface area contributed by atoms with Crippen molar-refractivity contribution in [3.8, 4) is 0 Å². The molecule has 8 heteroatoms. The zero-order valence-electron chi connectivity index (χ0n) is 14.4. The number of para-hydroxylation sites is 1. The third-order valence-electron chi connectivity index (χ3n) is 3.51. The molecule has 3 N–H and O–H groups in total. The molecule has 0 aliphatic carbocycles. The van der Waals surface area contributed by atoms with Crippen LogP contribution >= 0.6 is 35.0 Å². The maximum Gasteiger partial charge on any atom is 0.279 e. The summed E-state index contributed by atoms with van der Waals surface area (Å²) in [6.45, 7) is 0.307. The van der Waals surface area contributed by atoms with E-state index in [2.05, 4.69) is 10.6 Å². The molecule has 0 fully saturated rings. The summed E-state index contributed by atoms with van der Waals surface area (Å²) in [5.74, 6) is -0.384. The van der Waals surface area contributed by atoms with Crippen molar-refractivity contribution in [2.24, 2.45) is 0 Å². The van der Waals surface area contributed by atoms with Crippen LogP contribution in [0.4, 0.5) is 11.4 Å². The highest BCUT2D eigenvalue weighted by Gasteiger charge is 2.16. The van der Waals surface area contributed by atoms with Crippen LogP contribution in [0.5, 0.6) is 0 Å². The number of anilines is 2. The average molecular weight is 413 g/mol. The molecule has 0 saturated carbocycles. The van der Waals surface area contributed by atoms with Crippen molar-refractivity contribution < 1.29 is 14.5 Å². The van der Waals surface area contributed by atoms with Crippen LogP contribution in [0.1, 0.15) is 0 Å². The lowest BCUT2D eigenvalue weighted by molar-refractivity contribution is -0.862. The maximum absolute atomic E-state index is 12.2. The number of carbonyl (C=O) groups is 2. The Kier molecular flexibility index (Phi) is 7.78. The summed E-state index contributed by atoms with van der Waals surface area (Å²) < 4.78 is 0. The van der Waals surface area contributed by atoms with Gasteiger partial charge in [-0.05, 0) is 36.6 Å². The molecule has 0 aromatic heterocycles. The van der Waals surface area contributed by atoms with Crippen LogP contribution < -0.4 is 15.5 Å². The first-order valence-corrected chi connectivity index (χ1v) is 9.86. The Morgan fingerprint density at radius 3 is 2.23 bits per heavy atom. The molecular weight excluding hydrogens is 393 g/mol. The van der Waals surface area contributed by atoms with Gasteiger partial charge in [0.1, 0.15) is 0 Å². The smallest absolute Gasteiger partial charge is 0.279 e. The lowest BCUT2D eigenvalue weighted by Crippen LogP contribution is -3.11. The van der Waals surface area contributed by atoms with Crippen molar-refractivity contribution in [3.63, 3.8) is 0 Å². The molecule has 138 valence electrons. The van der Waals surface area contributed by atoms with E-state index in [0.717, 1.165) is 15.5 Å². The van der Waals surface area contributed by atoms with Crippen molar-refractivity contribution >= 4 is 58.2 Å². The number of carbonyl (C=O) groups excluding carboxylic acids is 2. The Balaban J connectivity index is 1.86. The van der Waals surface area contributed by atoms with Crippen LogP contribution in [0.2, 0.25) is 10.0 Å². The summed E-state index contributed by atoms with van der Waals surface area (Å²) >= 11 is 13.4. The third kappa shape index (κ3) is 6.21. The lowest BCUT2D eigenvalue weighted by Gasteiger charge is -2.15. The van der Waals surface area contributed by atoms with Crippen LogP contribution in [0.15, 0.2) is 47.4 Å². The van der Waals surface area contributed by atoms with Crippen LogP contribution in [-0.2, 0) is 9.59 Å². The quantitative estimate of drug-likeness (QED) is 0.612. The molecule has 26 heavy (non-hydrogen) atoms. The Hall–Kier alpha value is -1.73. The van der Waals surface area contributed by atoms with Gasteiger partial charge >= 0.3 is 0 Å². The molecule has 0 radical (unpaired) electrons.